The van der Waals surface area contributed by atoms with E-state index in [1.807, 2.05) is 32.2 Å². The number of hydrogen-bond acceptors (Lipinski definition) is 3. The van der Waals surface area contributed by atoms with Crippen molar-refractivity contribution in [1.82, 2.24) is 5.32 Å². The van der Waals surface area contributed by atoms with Gasteiger partial charge in [0.1, 0.15) is 0 Å². The zero-order valence-electron chi connectivity index (χ0n) is 11.1. The first kappa shape index (κ1) is 13.1. The molecular formula is C14H20N2O2. The van der Waals surface area contributed by atoms with Gasteiger partial charge in [0.25, 0.3) is 0 Å². The number of likely N-dealkylation sites (N-methyl/N-ethyl adjacent to an activating group) is 1. The first-order valence-electron chi connectivity index (χ1n) is 6.29. The first-order valence-corrected chi connectivity index (χ1v) is 6.29. The van der Waals surface area contributed by atoms with Crippen LogP contribution in [0.3, 0.4) is 0 Å². The molecule has 0 fully saturated rings. The molecule has 1 aliphatic heterocycles. The van der Waals surface area contributed by atoms with Crippen molar-refractivity contribution in [3.8, 4) is 0 Å². The summed E-state index contributed by atoms with van der Waals surface area (Å²) in [7, 11) is 3.63. The molecule has 2 atom stereocenters. The van der Waals surface area contributed by atoms with Crippen molar-refractivity contribution in [2.45, 2.75) is 31.9 Å². The molecule has 2 rings (SSSR count). The summed E-state index contributed by atoms with van der Waals surface area (Å²) in [6.45, 7) is 1.94. The van der Waals surface area contributed by atoms with E-state index in [2.05, 4.69) is 5.32 Å². The smallest absolute Gasteiger partial charge is 0.227 e. The summed E-state index contributed by atoms with van der Waals surface area (Å²) in [5.74, 6) is 0.152. The van der Waals surface area contributed by atoms with Crippen LogP contribution in [0.5, 0.6) is 0 Å². The Balaban J connectivity index is 2.31. The molecular weight excluding hydrogens is 228 g/mol. The van der Waals surface area contributed by atoms with Crippen molar-refractivity contribution in [2.24, 2.45) is 0 Å². The minimum atomic E-state index is -0.525. The number of nitrogens with one attached hydrogen (secondary N) is 1. The Kier molecular flexibility index (Phi) is 3.68. The third-order valence-corrected chi connectivity index (χ3v) is 3.72. The highest BCUT2D eigenvalue weighted by molar-refractivity contribution is 5.95. The topological polar surface area (TPSA) is 52.6 Å². The fourth-order valence-corrected chi connectivity index (χ4v) is 2.31. The van der Waals surface area contributed by atoms with Crippen LogP contribution in [0.1, 0.15) is 30.6 Å². The second-order valence-corrected chi connectivity index (χ2v) is 4.86. The van der Waals surface area contributed by atoms with Crippen molar-refractivity contribution in [2.75, 3.05) is 19.0 Å². The fraction of sp³-hybridized carbons (Fsp3) is 0.500. The van der Waals surface area contributed by atoms with Crippen LogP contribution in [0.25, 0.3) is 0 Å². The Morgan fingerprint density at radius 1 is 1.39 bits per heavy atom. The van der Waals surface area contributed by atoms with Gasteiger partial charge in [0.15, 0.2) is 0 Å². The molecule has 1 aliphatic rings. The van der Waals surface area contributed by atoms with Gasteiger partial charge in [-0.25, -0.2) is 0 Å². The van der Waals surface area contributed by atoms with Gasteiger partial charge in [-0.2, -0.15) is 0 Å². The van der Waals surface area contributed by atoms with E-state index in [0.717, 1.165) is 23.2 Å². The van der Waals surface area contributed by atoms with Gasteiger partial charge in [-0.05, 0) is 37.6 Å². The molecule has 2 unspecified atom stereocenters. The zero-order chi connectivity index (χ0) is 13.3. The number of carbonyl (C=O) groups is 1. The lowest BCUT2D eigenvalue weighted by Crippen LogP contribution is -2.32. The van der Waals surface area contributed by atoms with E-state index >= 15 is 0 Å². The summed E-state index contributed by atoms with van der Waals surface area (Å²) in [5, 5.41) is 13.2. The Morgan fingerprint density at radius 3 is 2.78 bits per heavy atom. The maximum Gasteiger partial charge on any atom is 0.227 e. The molecule has 98 valence electrons. The monoisotopic (exact) mass is 248 g/mol. The van der Waals surface area contributed by atoms with E-state index in [-0.39, 0.29) is 11.9 Å². The summed E-state index contributed by atoms with van der Waals surface area (Å²) in [5.41, 5.74) is 3.00. The van der Waals surface area contributed by atoms with Crippen LogP contribution in [0.15, 0.2) is 18.2 Å². The van der Waals surface area contributed by atoms with Crippen molar-refractivity contribution in [3.05, 3.63) is 29.3 Å². The van der Waals surface area contributed by atoms with Crippen molar-refractivity contribution in [3.63, 3.8) is 0 Å². The fourth-order valence-electron chi connectivity index (χ4n) is 2.31. The van der Waals surface area contributed by atoms with Gasteiger partial charge in [-0.3, -0.25) is 4.79 Å². The lowest BCUT2D eigenvalue weighted by atomic mass is 9.95. The van der Waals surface area contributed by atoms with Crippen LogP contribution in [-0.2, 0) is 11.2 Å². The Labute approximate surface area is 108 Å². The predicted octanol–water partition coefficient (Wildman–Crippen LogP) is 1.24. The number of rotatable bonds is 3. The third kappa shape index (κ3) is 2.26. The standard InChI is InChI=1S/C14H20N2O2/c1-9(15-2)14(18)11-4-6-12-10(8-11)5-7-13(17)16(12)3/h4,6,8-9,14-15,18H,5,7H2,1-3H3. The van der Waals surface area contributed by atoms with Gasteiger partial charge in [-0.1, -0.05) is 12.1 Å². The number of benzene rings is 1. The molecule has 0 aromatic heterocycles. The van der Waals surface area contributed by atoms with Gasteiger partial charge in [-0.15, -0.1) is 0 Å². The highest BCUT2D eigenvalue weighted by Crippen LogP contribution is 2.30. The summed E-state index contributed by atoms with van der Waals surface area (Å²) >= 11 is 0. The second-order valence-electron chi connectivity index (χ2n) is 4.86. The number of amides is 1. The van der Waals surface area contributed by atoms with E-state index in [4.69, 9.17) is 0 Å². The molecule has 0 aliphatic carbocycles. The van der Waals surface area contributed by atoms with Crippen LogP contribution in [0.2, 0.25) is 0 Å². The number of anilines is 1. The molecule has 0 saturated heterocycles. The van der Waals surface area contributed by atoms with Crippen LogP contribution < -0.4 is 10.2 Å². The summed E-state index contributed by atoms with van der Waals surface area (Å²) in [6, 6.07) is 5.84. The molecule has 0 bridgehead atoms. The SMILES string of the molecule is CNC(C)C(O)c1ccc2c(c1)CCC(=O)N2C. The van der Waals surface area contributed by atoms with Gasteiger partial charge in [0.2, 0.25) is 5.91 Å². The minimum Gasteiger partial charge on any atom is -0.387 e. The normalized spacial score (nSPS) is 18.4. The number of carbonyl (C=O) groups excluding carboxylic acids is 1. The van der Waals surface area contributed by atoms with Crippen molar-refractivity contribution >= 4 is 11.6 Å². The first-order chi connectivity index (χ1) is 8.54. The number of fused-ring (bicyclic) bond motifs is 1. The van der Waals surface area contributed by atoms with E-state index < -0.39 is 6.10 Å². The van der Waals surface area contributed by atoms with Crippen LogP contribution in [0.4, 0.5) is 5.69 Å². The second kappa shape index (κ2) is 5.08. The molecule has 0 saturated carbocycles. The average Bonchev–Trinajstić information content (AvgIpc) is 2.41. The van der Waals surface area contributed by atoms with Crippen LogP contribution in [0, 0.1) is 0 Å². The average molecular weight is 248 g/mol. The number of aliphatic hydroxyl groups excluding tert-OH is 1. The largest absolute Gasteiger partial charge is 0.387 e. The molecule has 4 nitrogen and oxygen atoms in total. The third-order valence-electron chi connectivity index (χ3n) is 3.72. The summed E-state index contributed by atoms with van der Waals surface area (Å²) in [6.07, 6.45) is 0.778. The van der Waals surface area contributed by atoms with E-state index in [9.17, 15) is 9.90 Å². The van der Waals surface area contributed by atoms with Gasteiger partial charge in [0.05, 0.1) is 6.10 Å². The maximum absolute atomic E-state index is 11.6. The van der Waals surface area contributed by atoms with E-state index in [1.165, 1.54) is 0 Å². The number of nitrogens with zero attached hydrogens (tertiary/aromatic N) is 1. The van der Waals surface area contributed by atoms with Gasteiger partial charge < -0.3 is 15.3 Å². The van der Waals surface area contributed by atoms with E-state index in [1.54, 1.807) is 11.9 Å². The Morgan fingerprint density at radius 2 is 2.11 bits per heavy atom. The maximum atomic E-state index is 11.6. The number of aliphatic hydroxyl groups is 1. The molecule has 1 aromatic rings. The van der Waals surface area contributed by atoms with Gasteiger partial charge >= 0.3 is 0 Å². The van der Waals surface area contributed by atoms with Crippen molar-refractivity contribution in [1.29, 1.82) is 0 Å². The van der Waals surface area contributed by atoms with E-state index in [0.29, 0.717) is 6.42 Å². The summed E-state index contributed by atoms with van der Waals surface area (Å²) in [4.78, 5) is 13.3. The predicted molar refractivity (Wildman–Crippen MR) is 71.7 cm³/mol. The highest BCUT2D eigenvalue weighted by atomic mass is 16.3. The minimum absolute atomic E-state index is 0.00556. The summed E-state index contributed by atoms with van der Waals surface area (Å²) < 4.78 is 0. The molecule has 1 amide bonds. The Hall–Kier alpha value is -1.39. The molecule has 4 heteroatoms. The zero-order valence-corrected chi connectivity index (χ0v) is 11.1. The number of hydrogen-bond donors (Lipinski definition) is 2. The highest BCUT2D eigenvalue weighted by Gasteiger charge is 2.22. The molecule has 1 aromatic carbocycles. The number of aryl methyl sites for hydroxylation is 1. The Bertz CT molecular complexity index is 459. The molecule has 2 N–H and O–H groups in total. The molecule has 1 heterocycles. The van der Waals surface area contributed by atoms with Crippen LogP contribution in [-0.4, -0.2) is 31.2 Å². The lowest BCUT2D eigenvalue weighted by molar-refractivity contribution is -0.118. The van der Waals surface area contributed by atoms with Crippen LogP contribution >= 0.6 is 0 Å². The van der Waals surface area contributed by atoms with Crippen molar-refractivity contribution < 1.29 is 9.90 Å². The van der Waals surface area contributed by atoms with Gasteiger partial charge in [0, 0.05) is 25.2 Å². The molecule has 0 spiro atoms. The quantitative estimate of drug-likeness (QED) is 0.846. The molecule has 18 heavy (non-hydrogen) atoms. The lowest BCUT2D eigenvalue weighted by Gasteiger charge is -2.27. The molecule has 0 radical (unpaired) electrons.